The molecular formula is C13H16N2S. The number of hydrogen-bond acceptors (Lipinski definition) is 3. The van der Waals surface area contributed by atoms with Crippen molar-refractivity contribution in [2.75, 3.05) is 0 Å². The molecule has 84 valence electrons. The number of hydrogen-bond donors (Lipinski definition) is 1. The van der Waals surface area contributed by atoms with Gasteiger partial charge in [-0.25, -0.2) is 0 Å². The van der Waals surface area contributed by atoms with E-state index in [9.17, 15) is 0 Å². The fraction of sp³-hybridized carbons (Fsp3) is 0.308. The second-order valence-corrected chi connectivity index (χ2v) is 4.65. The molecule has 2 N–H and O–H groups in total. The maximum atomic E-state index is 6.24. The van der Waals surface area contributed by atoms with Crippen molar-refractivity contribution in [2.24, 2.45) is 5.73 Å². The van der Waals surface area contributed by atoms with Gasteiger partial charge in [0.1, 0.15) is 0 Å². The van der Waals surface area contributed by atoms with Crippen LogP contribution in [0.2, 0.25) is 0 Å². The topological polar surface area (TPSA) is 38.9 Å². The molecule has 0 spiro atoms. The largest absolute Gasteiger partial charge is 0.324 e. The molecule has 2 rings (SSSR count). The molecule has 0 saturated carbocycles. The molecule has 16 heavy (non-hydrogen) atoms. The monoisotopic (exact) mass is 232 g/mol. The summed E-state index contributed by atoms with van der Waals surface area (Å²) in [6, 6.07) is 4.25. The van der Waals surface area contributed by atoms with E-state index in [2.05, 4.69) is 28.7 Å². The molecular weight excluding hydrogens is 216 g/mol. The lowest BCUT2D eigenvalue weighted by molar-refractivity contribution is 0.711. The Morgan fingerprint density at radius 1 is 1.44 bits per heavy atom. The van der Waals surface area contributed by atoms with Crippen LogP contribution in [0.5, 0.6) is 0 Å². The highest BCUT2D eigenvalue weighted by molar-refractivity contribution is 7.07. The molecule has 0 aliphatic rings. The number of aromatic nitrogens is 1. The lowest BCUT2D eigenvalue weighted by atomic mass is 9.97. The van der Waals surface area contributed by atoms with Crippen LogP contribution in [-0.4, -0.2) is 4.98 Å². The summed E-state index contributed by atoms with van der Waals surface area (Å²) in [6.45, 7) is 2.14. The van der Waals surface area contributed by atoms with Crippen molar-refractivity contribution in [3.05, 3.63) is 52.0 Å². The van der Waals surface area contributed by atoms with Crippen LogP contribution in [0.25, 0.3) is 0 Å². The van der Waals surface area contributed by atoms with Crippen LogP contribution in [0.3, 0.4) is 0 Å². The summed E-state index contributed by atoms with van der Waals surface area (Å²) >= 11 is 1.72. The molecule has 2 aromatic heterocycles. The minimum absolute atomic E-state index is 0.0764. The van der Waals surface area contributed by atoms with E-state index in [4.69, 9.17) is 5.73 Å². The van der Waals surface area contributed by atoms with E-state index in [1.165, 1.54) is 16.7 Å². The molecule has 0 aromatic carbocycles. The molecule has 0 aliphatic carbocycles. The first kappa shape index (κ1) is 11.3. The zero-order chi connectivity index (χ0) is 11.4. The molecule has 0 bridgehead atoms. The Morgan fingerprint density at radius 3 is 3.00 bits per heavy atom. The summed E-state index contributed by atoms with van der Waals surface area (Å²) in [5.74, 6) is 0. The number of aryl methyl sites for hydroxylation is 1. The summed E-state index contributed by atoms with van der Waals surface area (Å²) in [6.07, 6.45) is 5.63. The Morgan fingerprint density at radius 2 is 2.31 bits per heavy atom. The number of thiophene rings is 1. The average molecular weight is 232 g/mol. The fourth-order valence-corrected chi connectivity index (χ4v) is 2.55. The molecule has 2 aromatic rings. The quantitative estimate of drug-likeness (QED) is 0.880. The first-order valence-corrected chi connectivity index (χ1v) is 6.45. The number of nitrogens with zero attached hydrogens (tertiary/aromatic N) is 1. The Labute approximate surface area is 100 Å². The third-order valence-corrected chi connectivity index (χ3v) is 3.49. The summed E-state index contributed by atoms with van der Waals surface area (Å²) < 4.78 is 0. The SMILES string of the molecule is CCc1cnccc1C(N)Cc1ccsc1. The molecule has 0 aliphatic heterocycles. The molecule has 0 saturated heterocycles. The smallest absolute Gasteiger partial charge is 0.0339 e. The lowest BCUT2D eigenvalue weighted by Crippen LogP contribution is -2.15. The second kappa shape index (κ2) is 5.23. The van der Waals surface area contributed by atoms with Gasteiger partial charge < -0.3 is 5.73 Å². The van der Waals surface area contributed by atoms with Gasteiger partial charge in [-0.15, -0.1) is 0 Å². The molecule has 0 amide bonds. The van der Waals surface area contributed by atoms with Gasteiger partial charge in [-0.3, -0.25) is 4.98 Å². The molecule has 1 atom stereocenters. The molecule has 0 fully saturated rings. The molecule has 1 unspecified atom stereocenters. The van der Waals surface area contributed by atoms with Crippen LogP contribution in [0.1, 0.15) is 29.7 Å². The van der Waals surface area contributed by atoms with Crippen molar-refractivity contribution >= 4 is 11.3 Å². The third-order valence-electron chi connectivity index (χ3n) is 2.76. The van der Waals surface area contributed by atoms with Gasteiger partial charge >= 0.3 is 0 Å². The fourth-order valence-electron chi connectivity index (χ4n) is 1.87. The Balaban J connectivity index is 2.17. The third kappa shape index (κ3) is 2.49. The van der Waals surface area contributed by atoms with Crippen LogP contribution in [0, 0.1) is 0 Å². The van der Waals surface area contributed by atoms with Crippen LogP contribution in [-0.2, 0) is 12.8 Å². The van der Waals surface area contributed by atoms with Gasteiger partial charge in [0, 0.05) is 18.4 Å². The summed E-state index contributed by atoms with van der Waals surface area (Å²) in [4.78, 5) is 4.14. The summed E-state index contributed by atoms with van der Waals surface area (Å²) in [5, 5.41) is 4.25. The lowest BCUT2D eigenvalue weighted by Gasteiger charge is -2.14. The highest BCUT2D eigenvalue weighted by atomic mass is 32.1. The maximum absolute atomic E-state index is 6.24. The van der Waals surface area contributed by atoms with E-state index in [-0.39, 0.29) is 6.04 Å². The minimum atomic E-state index is 0.0764. The number of nitrogens with two attached hydrogens (primary N) is 1. The predicted molar refractivity (Wildman–Crippen MR) is 68.6 cm³/mol. The van der Waals surface area contributed by atoms with E-state index in [0.717, 1.165) is 12.8 Å². The van der Waals surface area contributed by atoms with Crippen LogP contribution < -0.4 is 5.73 Å². The van der Waals surface area contributed by atoms with E-state index in [1.54, 1.807) is 11.3 Å². The standard InChI is InChI=1S/C13H16N2S/c1-2-11-8-15-5-3-12(11)13(14)7-10-4-6-16-9-10/h3-6,8-9,13H,2,7,14H2,1H3. The average Bonchev–Trinajstić information content (AvgIpc) is 2.81. The van der Waals surface area contributed by atoms with E-state index in [1.807, 2.05) is 18.5 Å². The normalized spacial score (nSPS) is 12.6. The van der Waals surface area contributed by atoms with Gasteiger partial charge in [-0.2, -0.15) is 11.3 Å². The Bertz CT molecular complexity index is 437. The molecule has 0 radical (unpaired) electrons. The van der Waals surface area contributed by atoms with Crippen molar-refractivity contribution < 1.29 is 0 Å². The van der Waals surface area contributed by atoms with Crippen molar-refractivity contribution in [2.45, 2.75) is 25.8 Å². The Hall–Kier alpha value is -1.19. The zero-order valence-corrected chi connectivity index (χ0v) is 10.2. The first-order valence-electron chi connectivity index (χ1n) is 5.50. The zero-order valence-electron chi connectivity index (χ0n) is 9.39. The van der Waals surface area contributed by atoms with Crippen LogP contribution in [0.4, 0.5) is 0 Å². The van der Waals surface area contributed by atoms with Crippen LogP contribution in [0.15, 0.2) is 35.3 Å². The predicted octanol–water partition coefficient (Wildman–Crippen LogP) is 2.95. The van der Waals surface area contributed by atoms with Gasteiger partial charge in [0.15, 0.2) is 0 Å². The van der Waals surface area contributed by atoms with Gasteiger partial charge in [0.05, 0.1) is 0 Å². The molecule has 3 heteroatoms. The maximum Gasteiger partial charge on any atom is 0.0339 e. The van der Waals surface area contributed by atoms with Gasteiger partial charge in [0.25, 0.3) is 0 Å². The second-order valence-electron chi connectivity index (χ2n) is 3.87. The van der Waals surface area contributed by atoms with Crippen molar-refractivity contribution in [3.63, 3.8) is 0 Å². The van der Waals surface area contributed by atoms with Gasteiger partial charge in [0.2, 0.25) is 0 Å². The first-order chi connectivity index (χ1) is 7.81. The number of pyridine rings is 1. The van der Waals surface area contributed by atoms with Crippen molar-refractivity contribution in [1.82, 2.24) is 4.98 Å². The summed E-state index contributed by atoms with van der Waals surface area (Å²) in [7, 11) is 0. The number of rotatable bonds is 4. The van der Waals surface area contributed by atoms with E-state index >= 15 is 0 Å². The van der Waals surface area contributed by atoms with E-state index < -0.39 is 0 Å². The van der Waals surface area contributed by atoms with Gasteiger partial charge in [-0.05, 0) is 52.4 Å². The van der Waals surface area contributed by atoms with Gasteiger partial charge in [-0.1, -0.05) is 6.92 Å². The van der Waals surface area contributed by atoms with E-state index in [0.29, 0.717) is 0 Å². The van der Waals surface area contributed by atoms with Crippen molar-refractivity contribution in [3.8, 4) is 0 Å². The molecule has 2 heterocycles. The van der Waals surface area contributed by atoms with Crippen LogP contribution >= 0.6 is 11.3 Å². The Kier molecular flexibility index (Phi) is 3.70. The van der Waals surface area contributed by atoms with Crippen molar-refractivity contribution in [1.29, 1.82) is 0 Å². The highest BCUT2D eigenvalue weighted by Gasteiger charge is 2.10. The summed E-state index contributed by atoms with van der Waals surface area (Å²) in [5.41, 5.74) is 10.0. The minimum Gasteiger partial charge on any atom is -0.324 e. The highest BCUT2D eigenvalue weighted by Crippen LogP contribution is 2.20. The molecule has 2 nitrogen and oxygen atoms in total.